The lowest BCUT2D eigenvalue weighted by Crippen LogP contribution is -2.50. The molecule has 3 heterocycles. The first-order valence-electron chi connectivity index (χ1n) is 14.7. The van der Waals surface area contributed by atoms with E-state index in [1.54, 1.807) is 36.5 Å². The number of piperidine rings is 1. The van der Waals surface area contributed by atoms with Crippen LogP contribution >= 0.6 is 11.3 Å². The number of aromatic nitrogens is 3. The number of carbonyl (C=O) groups excluding carboxylic acids is 3. The van der Waals surface area contributed by atoms with Gasteiger partial charge in [-0.05, 0) is 53.4 Å². The van der Waals surface area contributed by atoms with Crippen molar-refractivity contribution in [3.05, 3.63) is 63.4 Å². The van der Waals surface area contributed by atoms with Crippen molar-refractivity contribution in [1.82, 2.24) is 24.8 Å². The number of hydrogen-bond acceptors (Lipinski definition) is 9. The van der Waals surface area contributed by atoms with Crippen LogP contribution in [0.15, 0.2) is 36.7 Å². The van der Waals surface area contributed by atoms with Crippen molar-refractivity contribution in [2.75, 3.05) is 20.2 Å². The molecule has 1 saturated heterocycles. The van der Waals surface area contributed by atoms with Gasteiger partial charge in [-0.15, -0.1) is 11.3 Å². The molecule has 1 aliphatic carbocycles. The second-order valence-corrected chi connectivity index (χ2v) is 13.3. The number of Topliss-reactive ketones (excluding diaryl/α,β-unsaturated/α-hetero) is 1. The molecular formula is C32H39N5O5S. The van der Waals surface area contributed by atoms with E-state index in [9.17, 15) is 14.4 Å². The van der Waals surface area contributed by atoms with E-state index in [2.05, 4.69) is 15.0 Å². The molecule has 0 unspecified atom stereocenters. The molecule has 2 aliphatic rings. The van der Waals surface area contributed by atoms with Crippen LogP contribution in [0.2, 0.25) is 0 Å². The molecular weight excluding hydrogens is 566 g/mol. The maximum Gasteiger partial charge on any atom is 0.410 e. The minimum Gasteiger partial charge on any atom is -0.444 e. The molecule has 1 aromatic carbocycles. The molecule has 5 rings (SSSR count). The van der Waals surface area contributed by atoms with Gasteiger partial charge in [-0.1, -0.05) is 24.3 Å². The third-order valence-corrected chi connectivity index (χ3v) is 8.70. The van der Waals surface area contributed by atoms with Crippen LogP contribution in [-0.4, -0.2) is 80.4 Å². The number of ketones is 1. The Bertz CT molecular complexity index is 1450. The zero-order valence-corrected chi connectivity index (χ0v) is 26.3. The number of methoxy groups -OCH3 is 1. The fourth-order valence-corrected chi connectivity index (χ4v) is 6.29. The molecule has 1 aliphatic heterocycles. The molecule has 0 N–H and O–H groups in total. The number of amides is 2. The van der Waals surface area contributed by atoms with Crippen molar-refractivity contribution in [1.29, 1.82) is 0 Å². The molecule has 3 aromatic rings. The zero-order chi connectivity index (χ0) is 30.7. The van der Waals surface area contributed by atoms with Gasteiger partial charge in [0.1, 0.15) is 10.6 Å². The minimum absolute atomic E-state index is 0.0109. The molecule has 2 amide bonds. The Hall–Kier alpha value is -3.70. The highest BCUT2D eigenvalue weighted by Gasteiger charge is 2.40. The Balaban J connectivity index is 1.20. The lowest BCUT2D eigenvalue weighted by Gasteiger charge is -2.39. The van der Waals surface area contributed by atoms with Crippen molar-refractivity contribution < 1.29 is 23.9 Å². The van der Waals surface area contributed by atoms with Crippen LogP contribution in [0.5, 0.6) is 0 Å². The van der Waals surface area contributed by atoms with Crippen LogP contribution in [0.4, 0.5) is 4.79 Å². The molecule has 0 atom stereocenters. The van der Waals surface area contributed by atoms with E-state index >= 15 is 0 Å². The van der Waals surface area contributed by atoms with Gasteiger partial charge in [0.25, 0.3) is 5.91 Å². The van der Waals surface area contributed by atoms with E-state index in [-0.39, 0.29) is 36.3 Å². The van der Waals surface area contributed by atoms with Gasteiger partial charge in [0, 0.05) is 55.8 Å². The molecule has 1 saturated carbocycles. The fourth-order valence-electron chi connectivity index (χ4n) is 5.25. The predicted molar refractivity (Wildman–Crippen MR) is 163 cm³/mol. The Labute approximate surface area is 256 Å². The Morgan fingerprint density at radius 1 is 0.977 bits per heavy atom. The molecule has 228 valence electrons. The van der Waals surface area contributed by atoms with E-state index in [0.29, 0.717) is 49.5 Å². The first-order valence-corrected chi connectivity index (χ1v) is 15.5. The summed E-state index contributed by atoms with van der Waals surface area (Å²) >= 11 is 1.50. The van der Waals surface area contributed by atoms with E-state index in [1.165, 1.54) is 11.3 Å². The van der Waals surface area contributed by atoms with Gasteiger partial charge in [0.05, 0.1) is 29.2 Å². The molecule has 0 spiro atoms. The van der Waals surface area contributed by atoms with Gasteiger partial charge < -0.3 is 19.3 Å². The van der Waals surface area contributed by atoms with Crippen molar-refractivity contribution in [3.8, 4) is 11.4 Å². The smallest absolute Gasteiger partial charge is 0.410 e. The number of nitrogens with zero attached hydrogens (tertiary/aromatic N) is 5. The summed E-state index contributed by atoms with van der Waals surface area (Å²) in [6, 6.07) is 7.47. The van der Waals surface area contributed by atoms with E-state index < -0.39 is 5.60 Å². The maximum absolute atomic E-state index is 13.6. The highest BCUT2D eigenvalue weighted by Crippen LogP contribution is 2.33. The summed E-state index contributed by atoms with van der Waals surface area (Å²) in [7, 11) is 1.64. The quantitative estimate of drug-likeness (QED) is 0.295. The molecule has 0 bridgehead atoms. The van der Waals surface area contributed by atoms with Crippen LogP contribution in [0.1, 0.15) is 82.7 Å². The summed E-state index contributed by atoms with van der Waals surface area (Å²) in [6.45, 7) is 9.11. The summed E-state index contributed by atoms with van der Waals surface area (Å²) in [5.74, 6) is 0.402. The highest BCUT2D eigenvalue weighted by molar-refractivity contribution is 7.11. The van der Waals surface area contributed by atoms with Crippen LogP contribution in [0.3, 0.4) is 0 Å². The average molecular weight is 606 g/mol. The number of thiazole rings is 1. The SMILES string of the molecule is COCc1sc(CC(=O)c2ccc(-c3ncc(C(=O)N(C4CC4)C4CCN(C(=O)OC(C)(C)C)CC4)cn3)cc2)nc1C. The predicted octanol–water partition coefficient (Wildman–Crippen LogP) is 5.48. The van der Waals surface area contributed by atoms with Crippen LogP contribution in [0.25, 0.3) is 11.4 Å². The minimum atomic E-state index is -0.536. The van der Waals surface area contributed by atoms with Gasteiger partial charge in [0.15, 0.2) is 11.6 Å². The van der Waals surface area contributed by atoms with Gasteiger partial charge in [0.2, 0.25) is 0 Å². The topological polar surface area (TPSA) is 115 Å². The Kier molecular flexibility index (Phi) is 9.22. The number of aryl methyl sites for hydroxylation is 1. The Morgan fingerprint density at radius 3 is 2.19 bits per heavy atom. The highest BCUT2D eigenvalue weighted by atomic mass is 32.1. The number of ether oxygens (including phenoxy) is 2. The van der Waals surface area contributed by atoms with Crippen LogP contribution in [0, 0.1) is 6.92 Å². The fraction of sp³-hybridized carbons (Fsp3) is 0.500. The lowest BCUT2D eigenvalue weighted by atomic mass is 10.0. The van der Waals surface area contributed by atoms with E-state index in [4.69, 9.17) is 9.47 Å². The van der Waals surface area contributed by atoms with Crippen molar-refractivity contribution in [2.45, 2.75) is 84.1 Å². The maximum atomic E-state index is 13.6. The molecule has 10 nitrogen and oxygen atoms in total. The van der Waals surface area contributed by atoms with Crippen molar-refractivity contribution in [2.24, 2.45) is 0 Å². The average Bonchev–Trinajstić information content (AvgIpc) is 3.75. The molecule has 2 aromatic heterocycles. The third-order valence-electron chi connectivity index (χ3n) is 7.57. The number of benzene rings is 1. The monoisotopic (exact) mass is 605 g/mol. The van der Waals surface area contributed by atoms with Crippen molar-refractivity contribution >= 4 is 29.1 Å². The number of hydrogen-bond donors (Lipinski definition) is 0. The van der Waals surface area contributed by atoms with Gasteiger partial charge in [-0.2, -0.15) is 0 Å². The number of likely N-dealkylation sites (tertiary alicyclic amines) is 1. The number of carbonyl (C=O) groups is 3. The van der Waals surface area contributed by atoms with Gasteiger partial charge in [-0.25, -0.2) is 19.7 Å². The summed E-state index contributed by atoms with van der Waals surface area (Å²) < 4.78 is 10.7. The van der Waals surface area contributed by atoms with Crippen LogP contribution in [-0.2, 0) is 22.5 Å². The number of rotatable bonds is 9. The standard InChI is InChI=1S/C32H39N5O5S/c1-20-27(19-41-5)43-28(35-20)16-26(38)21-6-8-22(9-7-21)29-33-17-23(18-34-29)30(39)37(24-10-11-24)25-12-14-36(15-13-25)31(40)42-32(2,3)4/h6-9,17-18,24-25H,10-16,19H2,1-5H3. The molecule has 0 radical (unpaired) electrons. The summed E-state index contributed by atoms with van der Waals surface area (Å²) in [6.07, 6.45) is 6.48. The first-order chi connectivity index (χ1) is 20.5. The zero-order valence-electron chi connectivity index (χ0n) is 25.5. The Morgan fingerprint density at radius 2 is 1.60 bits per heavy atom. The lowest BCUT2D eigenvalue weighted by molar-refractivity contribution is 0.0142. The van der Waals surface area contributed by atoms with E-state index in [1.807, 2.05) is 44.7 Å². The van der Waals surface area contributed by atoms with Crippen LogP contribution < -0.4 is 0 Å². The van der Waals surface area contributed by atoms with Gasteiger partial charge in [-0.3, -0.25) is 9.59 Å². The second-order valence-electron chi connectivity index (χ2n) is 12.2. The molecule has 43 heavy (non-hydrogen) atoms. The second kappa shape index (κ2) is 12.9. The molecule has 2 fully saturated rings. The largest absolute Gasteiger partial charge is 0.444 e. The van der Waals surface area contributed by atoms with Gasteiger partial charge >= 0.3 is 6.09 Å². The summed E-state index contributed by atoms with van der Waals surface area (Å²) in [5, 5.41) is 0.774. The third kappa shape index (κ3) is 7.64. The normalized spacial score (nSPS) is 15.8. The van der Waals surface area contributed by atoms with Crippen molar-refractivity contribution in [3.63, 3.8) is 0 Å². The summed E-state index contributed by atoms with van der Waals surface area (Å²) in [5.41, 5.74) is 2.16. The molecule has 11 heteroatoms. The summed E-state index contributed by atoms with van der Waals surface area (Å²) in [4.78, 5) is 57.2. The van der Waals surface area contributed by atoms with E-state index in [0.717, 1.165) is 34.0 Å². The first kappa shape index (κ1) is 30.7.